The monoisotopic (exact) mass is 420 g/mol. The number of ether oxygens (including phenoxy) is 2. The maximum absolute atomic E-state index is 12.1. The molecule has 1 aliphatic heterocycles. The summed E-state index contributed by atoms with van der Waals surface area (Å²) >= 11 is 0. The third-order valence-electron chi connectivity index (χ3n) is 5.64. The lowest BCUT2D eigenvalue weighted by molar-refractivity contribution is -0.135. The largest absolute Gasteiger partial charge is 0.378 e. The van der Waals surface area contributed by atoms with E-state index >= 15 is 0 Å². The topological polar surface area (TPSA) is 62.6 Å². The van der Waals surface area contributed by atoms with Gasteiger partial charge in [0.1, 0.15) is 0 Å². The van der Waals surface area contributed by atoms with Crippen molar-refractivity contribution in [2.45, 2.75) is 103 Å². The first-order valence-corrected chi connectivity index (χ1v) is 12.3. The van der Waals surface area contributed by atoms with Crippen LogP contribution >= 0.6 is 0 Å². The molecule has 5 nitrogen and oxygen atoms in total. The van der Waals surface area contributed by atoms with Gasteiger partial charge in [0.25, 0.3) is 0 Å². The highest BCUT2D eigenvalue weighted by atomic mass is 16.5. The molecule has 0 aromatic heterocycles. The Kier molecular flexibility index (Phi) is 17.4. The van der Waals surface area contributed by atoms with E-state index in [1.54, 1.807) is 0 Å². The van der Waals surface area contributed by atoms with E-state index in [1.807, 2.05) is 4.90 Å². The van der Waals surface area contributed by atoms with Crippen LogP contribution in [0.5, 0.6) is 0 Å². The Morgan fingerprint density at radius 3 is 2.57 bits per heavy atom. The van der Waals surface area contributed by atoms with Crippen LogP contribution < -0.4 is 0 Å². The lowest BCUT2D eigenvalue weighted by Gasteiger charge is -2.26. The standard InChI is InChI=1S/C25H44N2O3/c1-2-3-4-11-15-24(30-21-14-18-26)16-12-9-7-5-6-8-10-13-17-25(28)27-19-22-29-23-20-27/h9,12,24H,2-8,10-11,13-17,19-23H2,1H3/b12-9-. The molecule has 30 heavy (non-hydrogen) atoms. The van der Waals surface area contributed by atoms with Crippen LogP contribution in [-0.4, -0.2) is 49.8 Å². The van der Waals surface area contributed by atoms with Gasteiger partial charge in [0, 0.05) is 19.5 Å². The van der Waals surface area contributed by atoms with E-state index in [9.17, 15) is 4.79 Å². The molecule has 0 aromatic rings. The number of rotatable bonds is 18. The molecular weight excluding hydrogens is 376 g/mol. The molecule has 1 saturated heterocycles. The highest BCUT2D eigenvalue weighted by Gasteiger charge is 2.15. The maximum atomic E-state index is 12.1. The smallest absolute Gasteiger partial charge is 0.222 e. The maximum Gasteiger partial charge on any atom is 0.222 e. The van der Waals surface area contributed by atoms with E-state index in [0.717, 1.165) is 45.2 Å². The molecule has 0 aliphatic carbocycles. The van der Waals surface area contributed by atoms with E-state index in [0.29, 0.717) is 38.6 Å². The van der Waals surface area contributed by atoms with Gasteiger partial charge in [-0.3, -0.25) is 4.79 Å². The quantitative estimate of drug-likeness (QED) is 0.208. The van der Waals surface area contributed by atoms with Crippen molar-refractivity contribution in [3.05, 3.63) is 12.2 Å². The number of nitriles is 1. The summed E-state index contributed by atoms with van der Waals surface area (Å²) in [6.45, 7) is 5.67. The van der Waals surface area contributed by atoms with Crippen molar-refractivity contribution in [2.24, 2.45) is 0 Å². The molecule has 0 radical (unpaired) electrons. The molecule has 5 heteroatoms. The highest BCUT2D eigenvalue weighted by Crippen LogP contribution is 2.14. The van der Waals surface area contributed by atoms with Gasteiger partial charge >= 0.3 is 0 Å². The van der Waals surface area contributed by atoms with Crippen LogP contribution in [0.1, 0.15) is 96.8 Å². The van der Waals surface area contributed by atoms with Crippen molar-refractivity contribution in [3.63, 3.8) is 0 Å². The van der Waals surface area contributed by atoms with E-state index in [1.165, 1.54) is 44.9 Å². The fraction of sp³-hybridized carbons (Fsp3) is 0.840. The summed E-state index contributed by atoms with van der Waals surface area (Å²) in [6, 6.07) is 2.16. The van der Waals surface area contributed by atoms with Crippen LogP contribution in [0, 0.1) is 11.3 Å². The highest BCUT2D eigenvalue weighted by molar-refractivity contribution is 5.76. The first-order valence-electron chi connectivity index (χ1n) is 12.3. The number of carbonyl (C=O) groups excluding carboxylic acids is 1. The van der Waals surface area contributed by atoms with Crippen molar-refractivity contribution in [1.29, 1.82) is 5.26 Å². The number of morpholine rings is 1. The van der Waals surface area contributed by atoms with Gasteiger partial charge in [-0.1, -0.05) is 64.0 Å². The number of hydrogen-bond acceptors (Lipinski definition) is 4. The molecule has 0 spiro atoms. The Labute approximate surface area is 184 Å². The average molecular weight is 421 g/mol. The first-order chi connectivity index (χ1) is 14.8. The second-order valence-electron chi connectivity index (χ2n) is 8.26. The zero-order chi connectivity index (χ0) is 21.7. The minimum atomic E-state index is 0.260. The van der Waals surface area contributed by atoms with Crippen molar-refractivity contribution < 1.29 is 14.3 Å². The third-order valence-corrected chi connectivity index (χ3v) is 5.64. The molecule has 1 aliphatic rings. The van der Waals surface area contributed by atoms with E-state index in [-0.39, 0.29) is 6.10 Å². The molecule has 0 saturated carbocycles. The fourth-order valence-electron chi connectivity index (χ4n) is 3.74. The van der Waals surface area contributed by atoms with E-state index in [4.69, 9.17) is 14.7 Å². The molecule has 1 rings (SSSR count). The lowest BCUT2D eigenvalue weighted by atomic mass is 10.1. The normalized spacial score (nSPS) is 15.4. The Morgan fingerprint density at radius 2 is 1.80 bits per heavy atom. The minimum absolute atomic E-state index is 0.260. The molecule has 1 amide bonds. The van der Waals surface area contributed by atoms with Crippen LogP contribution in [0.4, 0.5) is 0 Å². The summed E-state index contributed by atoms with van der Waals surface area (Å²) in [4.78, 5) is 14.0. The molecule has 1 fully saturated rings. The predicted octanol–water partition coefficient (Wildman–Crippen LogP) is 5.79. The molecular formula is C25H44N2O3. The summed E-state index contributed by atoms with van der Waals surface area (Å²) in [6.07, 6.45) is 20.0. The van der Waals surface area contributed by atoms with Crippen LogP contribution in [0.15, 0.2) is 12.2 Å². The Bertz CT molecular complexity index is 481. The van der Waals surface area contributed by atoms with Crippen LogP contribution in [0.3, 0.4) is 0 Å². The summed E-state index contributed by atoms with van der Waals surface area (Å²) in [7, 11) is 0. The zero-order valence-electron chi connectivity index (χ0n) is 19.3. The number of amides is 1. The summed E-state index contributed by atoms with van der Waals surface area (Å²) in [5.74, 6) is 0.294. The van der Waals surface area contributed by atoms with Gasteiger partial charge in [-0.2, -0.15) is 5.26 Å². The van der Waals surface area contributed by atoms with Crippen molar-refractivity contribution >= 4 is 5.91 Å². The SMILES string of the molecule is CCCCCCC(C/C=C\CCCCCCCC(=O)N1CCOCC1)OCCC#N. The number of allylic oxidation sites excluding steroid dienone is 1. The van der Waals surface area contributed by atoms with Crippen LogP contribution in [0.25, 0.3) is 0 Å². The fourth-order valence-corrected chi connectivity index (χ4v) is 3.74. The second kappa shape index (κ2) is 19.6. The molecule has 1 unspecified atom stereocenters. The second-order valence-corrected chi connectivity index (χ2v) is 8.26. The average Bonchev–Trinajstić information content (AvgIpc) is 2.78. The van der Waals surface area contributed by atoms with Gasteiger partial charge in [-0.05, 0) is 32.1 Å². The van der Waals surface area contributed by atoms with E-state index < -0.39 is 0 Å². The Morgan fingerprint density at radius 1 is 1.07 bits per heavy atom. The molecule has 0 N–H and O–H groups in total. The van der Waals surface area contributed by atoms with Gasteiger partial charge < -0.3 is 14.4 Å². The zero-order valence-corrected chi connectivity index (χ0v) is 19.3. The number of carbonyl (C=O) groups is 1. The molecule has 0 bridgehead atoms. The van der Waals surface area contributed by atoms with Gasteiger partial charge in [-0.25, -0.2) is 0 Å². The minimum Gasteiger partial charge on any atom is -0.378 e. The van der Waals surface area contributed by atoms with E-state index in [2.05, 4.69) is 25.1 Å². The number of hydrogen-bond donors (Lipinski definition) is 0. The first kappa shape index (κ1) is 26.7. The summed E-state index contributed by atoms with van der Waals surface area (Å²) in [5.41, 5.74) is 0. The van der Waals surface area contributed by atoms with Crippen molar-refractivity contribution in [2.75, 3.05) is 32.9 Å². The third kappa shape index (κ3) is 14.6. The molecule has 0 aromatic carbocycles. The molecule has 1 heterocycles. The molecule has 1 atom stereocenters. The molecule has 172 valence electrons. The lowest BCUT2D eigenvalue weighted by Crippen LogP contribution is -2.40. The van der Waals surface area contributed by atoms with Crippen LogP contribution in [0.2, 0.25) is 0 Å². The van der Waals surface area contributed by atoms with Gasteiger partial charge in [0.05, 0.1) is 38.4 Å². The van der Waals surface area contributed by atoms with Gasteiger partial charge in [0.2, 0.25) is 5.91 Å². The Balaban J connectivity index is 2.01. The predicted molar refractivity (Wildman–Crippen MR) is 122 cm³/mol. The van der Waals surface area contributed by atoms with Crippen molar-refractivity contribution in [3.8, 4) is 6.07 Å². The Hall–Kier alpha value is -1.38. The van der Waals surface area contributed by atoms with Crippen molar-refractivity contribution in [1.82, 2.24) is 4.90 Å². The van der Waals surface area contributed by atoms with Crippen LogP contribution in [-0.2, 0) is 14.3 Å². The van der Waals surface area contributed by atoms with Gasteiger partial charge in [0.15, 0.2) is 0 Å². The number of unbranched alkanes of at least 4 members (excludes halogenated alkanes) is 8. The number of nitrogens with zero attached hydrogens (tertiary/aromatic N) is 2. The summed E-state index contributed by atoms with van der Waals surface area (Å²) < 4.78 is 11.2. The van der Waals surface area contributed by atoms with Gasteiger partial charge in [-0.15, -0.1) is 0 Å². The summed E-state index contributed by atoms with van der Waals surface area (Å²) in [5, 5.41) is 8.70.